The largest absolute Gasteiger partial charge is 0.396 e. The number of nitrogens with one attached hydrogen (secondary N) is 1. The van der Waals surface area contributed by atoms with Gasteiger partial charge in [-0.1, -0.05) is 30.3 Å². The molecule has 112 valence electrons. The van der Waals surface area contributed by atoms with E-state index < -0.39 is 6.04 Å². The Morgan fingerprint density at radius 3 is 2.57 bits per heavy atom. The first kappa shape index (κ1) is 15.1. The third-order valence-electron chi connectivity index (χ3n) is 3.45. The minimum absolute atomic E-state index is 0.0766. The first-order valence-corrected chi connectivity index (χ1v) is 6.77. The number of carbonyl (C=O) groups is 1. The number of hydrogen-bond acceptors (Lipinski definition) is 4. The summed E-state index contributed by atoms with van der Waals surface area (Å²) in [7, 11) is 0. The number of nitrogen functional groups attached to an aromatic ring is 1. The molecular formula is C15H20N4O2. The normalized spacial score (nSPS) is 12.1. The molecule has 1 aromatic heterocycles. The molecule has 0 fully saturated rings. The van der Waals surface area contributed by atoms with E-state index in [2.05, 4.69) is 10.4 Å². The lowest BCUT2D eigenvalue weighted by atomic mass is 10.1. The molecule has 1 heterocycles. The van der Waals surface area contributed by atoms with Crippen LogP contribution in [0.1, 0.15) is 23.0 Å². The maximum Gasteiger partial charge on any atom is 0.242 e. The van der Waals surface area contributed by atoms with Crippen molar-refractivity contribution in [2.24, 2.45) is 0 Å². The SMILES string of the molecule is Cc1nn(CC(=O)N[C@H](CO)c2ccccc2)c(C)c1N. The first-order valence-electron chi connectivity index (χ1n) is 6.77. The molecular weight excluding hydrogens is 268 g/mol. The Balaban J connectivity index is 2.05. The van der Waals surface area contributed by atoms with Gasteiger partial charge in [0.1, 0.15) is 6.54 Å². The second kappa shape index (κ2) is 6.41. The number of anilines is 1. The number of rotatable bonds is 5. The summed E-state index contributed by atoms with van der Waals surface area (Å²) in [6.45, 7) is 3.54. The number of amides is 1. The van der Waals surface area contributed by atoms with E-state index in [1.807, 2.05) is 37.3 Å². The highest BCUT2D eigenvalue weighted by Gasteiger charge is 2.16. The quantitative estimate of drug-likeness (QED) is 0.763. The molecule has 1 aromatic carbocycles. The summed E-state index contributed by atoms with van der Waals surface area (Å²) in [4.78, 5) is 12.1. The first-order chi connectivity index (χ1) is 10.0. The minimum atomic E-state index is -0.423. The van der Waals surface area contributed by atoms with Crippen molar-refractivity contribution in [3.05, 3.63) is 47.3 Å². The highest BCUT2D eigenvalue weighted by atomic mass is 16.3. The molecule has 1 amide bonds. The number of hydrogen-bond donors (Lipinski definition) is 3. The summed E-state index contributed by atoms with van der Waals surface area (Å²) in [6, 6.07) is 8.93. The van der Waals surface area contributed by atoms with E-state index in [0.29, 0.717) is 11.4 Å². The Hall–Kier alpha value is -2.34. The Morgan fingerprint density at radius 2 is 2.05 bits per heavy atom. The van der Waals surface area contributed by atoms with Gasteiger partial charge in [0.25, 0.3) is 0 Å². The average Bonchev–Trinajstić information content (AvgIpc) is 2.73. The van der Waals surface area contributed by atoms with Gasteiger partial charge in [-0.3, -0.25) is 9.48 Å². The fraction of sp³-hybridized carbons (Fsp3) is 0.333. The summed E-state index contributed by atoms with van der Waals surface area (Å²) >= 11 is 0. The minimum Gasteiger partial charge on any atom is -0.396 e. The van der Waals surface area contributed by atoms with Gasteiger partial charge in [-0.05, 0) is 19.4 Å². The van der Waals surface area contributed by atoms with Gasteiger partial charge in [0, 0.05) is 0 Å². The van der Waals surface area contributed by atoms with Crippen LogP contribution in [0.25, 0.3) is 0 Å². The number of aromatic nitrogens is 2. The van der Waals surface area contributed by atoms with E-state index in [1.54, 1.807) is 11.6 Å². The van der Waals surface area contributed by atoms with Crippen molar-refractivity contribution in [2.45, 2.75) is 26.4 Å². The standard InChI is InChI=1S/C15H20N4O2/c1-10-15(16)11(2)19(18-10)8-14(21)17-13(9-20)12-6-4-3-5-7-12/h3-7,13,20H,8-9,16H2,1-2H3,(H,17,21)/t13-/m1/s1. The molecule has 6 nitrogen and oxygen atoms in total. The second-order valence-electron chi connectivity index (χ2n) is 4.96. The maximum atomic E-state index is 12.1. The van der Waals surface area contributed by atoms with Crippen molar-refractivity contribution < 1.29 is 9.90 Å². The monoisotopic (exact) mass is 288 g/mol. The third-order valence-corrected chi connectivity index (χ3v) is 3.45. The average molecular weight is 288 g/mol. The molecule has 0 saturated heterocycles. The van der Waals surface area contributed by atoms with Crippen molar-refractivity contribution in [2.75, 3.05) is 12.3 Å². The molecule has 0 saturated carbocycles. The van der Waals surface area contributed by atoms with Crippen LogP contribution in [0.3, 0.4) is 0 Å². The number of aliphatic hydroxyl groups excluding tert-OH is 1. The smallest absolute Gasteiger partial charge is 0.242 e. The number of aliphatic hydroxyl groups is 1. The molecule has 21 heavy (non-hydrogen) atoms. The Labute approximate surface area is 123 Å². The van der Waals surface area contributed by atoms with Crippen molar-refractivity contribution in [3.63, 3.8) is 0 Å². The second-order valence-corrected chi connectivity index (χ2v) is 4.96. The van der Waals surface area contributed by atoms with E-state index in [-0.39, 0.29) is 19.1 Å². The topological polar surface area (TPSA) is 93.2 Å². The highest BCUT2D eigenvalue weighted by molar-refractivity contribution is 5.76. The third kappa shape index (κ3) is 3.41. The molecule has 6 heteroatoms. The number of carbonyl (C=O) groups excluding carboxylic acids is 1. The number of benzene rings is 1. The molecule has 0 bridgehead atoms. The molecule has 2 rings (SSSR count). The van der Waals surface area contributed by atoms with Crippen LogP contribution in [-0.2, 0) is 11.3 Å². The molecule has 0 radical (unpaired) electrons. The van der Waals surface area contributed by atoms with Gasteiger partial charge in [-0.25, -0.2) is 0 Å². The Morgan fingerprint density at radius 1 is 1.38 bits per heavy atom. The summed E-state index contributed by atoms with van der Waals surface area (Å²) in [5.41, 5.74) is 8.78. The van der Waals surface area contributed by atoms with Crippen LogP contribution in [0.5, 0.6) is 0 Å². The van der Waals surface area contributed by atoms with Gasteiger partial charge in [0.2, 0.25) is 5.91 Å². The Bertz CT molecular complexity index is 622. The van der Waals surface area contributed by atoms with E-state index in [4.69, 9.17) is 5.73 Å². The summed E-state index contributed by atoms with van der Waals surface area (Å²) in [6.07, 6.45) is 0. The lowest BCUT2D eigenvalue weighted by Gasteiger charge is -2.17. The molecule has 0 aliphatic heterocycles. The summed E-state index contributed by atoms with van der Waals surface area (Å²) in [5.74, 6) is -0.219. The fourth-order valence-corrected chi connectivity index (χ4v) is 2.16. The molecule has 0 unspecified atom stereocenters. The van der Waals surface area contributed by atoms with E-state index in [9.17, 15) is 9.90 Å². The van der Waals surface area contributed by atoms with E-state index >= 15 is 0 Å². The van der Waals surface area contributed by atoms with Crippen LogP contribution >= 0.6 is 0 Å². The van der Waals surface area contributed by atoms with E-state index in [0.717, 1.165) is 11.3 Å². The summed E-state index contributed by atoms with van der Waals surface area (Å²) < 4.78 is 1.57. The molecule has 0 aliphatic carbocycles. The molecule has 4 N–H and O–H groups in total. The maximum absolute atomic E-state index is 12.1. The number of nitrogens with zero attached hydrogens (tertiary/aromatic N) is 2. The molecule has 1 atom stereocenters. The van der Waals surface area contributed by atoms with E-state index in [1.165, 1.54) is 0 Å². The van der Waals surface area contributed by atoms with Crippen molar-refractivity contribution in [1.82, 2.24) is 15.1 Å². The molecule has 0 spiro atoms. The predicted molar refractivity (Wildman–Crippen MR) is 80.5 cm³/mol. The van der Waals surface area contributed by atoms with Crippen LogP contribution in [0.15, 0.2) is 30.3 Å². The van der Waals surface area contributed by atoms with Gasteiger partial charge in [-0.15, -0.1) is 0 Å². The zero-order valence-corrected chi connectivity index (χ0v) is 12.2. The van der Waals surface area contributed by atoms with Crippen LogP contribution < -0.4 is 11.1 Å². The van der Waals surface area contributed by atoms with Crippen LogP contribution in [-0.4, -0.2) is 27.4 Å². The summed E-state index contributed by atoms with van der Waals surface area (Å²) in [5, 5.41) is 16.5. The van der Waals surface area contributed by atoms with Crippen LogP contribution in [0, 0.1) is 13.8 Å². The zero-order valence-electron chi connectivity index (χ0n) is 12.2. The van der Waals surface area contributed by atoms with Crippen LogP contribution in [0.2, 0.25) is 0 Å². The van der Waals surface area contributed by atoms with Gasteiger partial charge >= 0.3 is 0 Å². The fourth-order valence-electron chi connectivity index (χ4n) is 2.16. The Kier molecular flexibility index (Phi) is 4.59. The van der Waals surface area contributed by atoms with Crippen molar-refractivity contribution in [3.8, 4) is 0 Å². The number of nitrogens with two attached hydrogens (primary N) is 1. The number of aryl methyl sites for hydroxylation is 1. The van der Waals surface area contributed by atoms with Gasteiger partial charge in [0.05, 0.1) is 29.7 Å². The highest BCUT2D eigenvalue weighted by Crippen LogP contribution is 2.15. The van der Waals surface area contributed by atoms with Crippen LogP contribution in [0.4, 0.5) is 5.69 Å². The van der Waals surface area contributed by atoms with Crippen molar-refractivity contribution >= 4 is 11.6 Å². The molecule has 0 aliphatic rings. The van der Waals surface area contributed by atoms with Crippen molar-refractivity contribution in [1.29, 1.82) is 0 Å². The van der Waals surface area contributed by atoms with Gasteiger partial charge < -0.3 is 16.2 Å². The van der Waals surface area contributed by atoms with Gasteiger partial charge in [0.15, 0.2) is 0 Å². The lowest BCUT2D eigenvalue weighted by molar-refractivity contribution is -0.123. The molecule has 2 aromatic rings. The van der Waals surface area contributed by atoms with Gasteiger partial charge in [-0.2, -0.15) is 5.10 Å². The lowest BCUT2D eigenvalue weighted by Crippen LogP contribution is -2.33. The predicted octanol–water partition coefficient (Wildman–Crippen LogP) is 0.932. The zero-order chi connectivity index (χ0) is 15.4.